The van der Waals surface area contributed by atoms with Crippen molar-refractivity contribution >= 4 is 40.9 Å². The second-order valence-electron chi connectivity index (χ2n) is 4.33. The summed E-state index contributed by atoms with van der Waals surface area (Å²) in [5, 5.41) is 2.82. The van der Waals surface area contributed by atoms with Gasteiger partial charge in [0.1, 0.15) is 0 Å². The molecule has 0 aromatic heterocycles. The average Bonchev–Trinajstić information content (AvgIpc) is 2.48. The average molecular weight is 404 g/mol. The van der Waals surface area contributed by atoms with Gasteiger partial charge < -0.3 is 19.8 Å². The number of aliphatic imine (C=N–C) groups is 1. The summed E-state index contributed by atoms with van der Waals surface area (Å²) in [6, 6.07) is 7.66. The molecule has 0 saturated carbocycles. The SMILES string of the molecule is C=NCCCOCCOCCC(=O)Nc1ccc(I)cc1. The number of ether oxygens (including phenoxy) is 2. The number of hydrogen-bond acceptors (Lipinski definition) is 4. The summed E-state index contributed by atoms with van der Waals surface area (Å²) in [5.41, 5.74) is 0.805. The molecular weight excluding hydrogens is 383 g/mol. The second-order valence-corrected chi connectivity index (χ2v) is 5.58. The van der Waals surface area contributed by atoms with E-state index in [4.69, 9.17) is 9.47 Å². The molecule has 0 heterocycles. The van der Waals surface area contributed by atoms with Crippen LogP contribution in [-0.4, -0.2) is 45.6 Å². The van der Waals surface area contributed by atoms with E-state index in [-0.39, 0.29) is 5.91 Å². The van der Waals surface area contributed by atoms with Gasteiger partial charge in [-0.15, -0.1) is 0 Å². The van der Waals surface area contributed by atoms with E-state index in [0.717, 1.165) is 22.2 Å². The Bertz CT molecular complexity index is 423. The Morgan fingerprint density at radius 2 is 1.81 bits per heavy atom. The Balaban J connectivity index is 1.98. The molecule has 0 aliphatic rings. The van der Waals surface area contributed by atoms with Crippen LogP contribution in [0.4, 0.5) is 5.69 Å². The number of benzene rings is 1. The van der Waals surface area contributed by atoms with Gasteiger partial charge in [0, 0.05) is 22.4 Å². The van der Waals surface area contributed by atoms with Gasteiger partial charge in [-0.1, -0.05) is 0 Å². The number of halogens is 1. The number of amides is 1. The Morgan fingerprint density at radius 3 is 2.48 bits per heavy atom. The van der Waals surface area contributed by atoms with Gasteiger partial charge in [0.15, 0.2) is 0 Å². The van der Waals surface area contributed by atoms with Crippen molar-refractivity contribution in [1.29, 1.82) is 0 Å². The molecule has 6 heteroatoms. The minimum atomic E-state index is -0.0471. The number of carbonyl (C=O) groups excluding carboxylic acids is 1. The van der Waals surface area contributed by atoms with Gasteiger partial charge in [-0.05, 0) is 60.0 Å². The molecule has 0 atom stereocenters. The number of anilines is 1. The maximum atomic E-state index is 11.7. The lowest BCUT2D eigenvalue weighted by Crippen LogP contribution is -2.15. The van der Waals surface area contributed by atoms with E-state index in [1.54, 1.807) is 0 Å². The number of nitrogens with one attached hydrogen (secondary N) is 1. The van der Waals surface area contributed by atoms with Crippen LogP contribution < -0.4 is 5.32 Å². The smallest absolute Gasteiger partial charge is 0.226 e. The van der Waals surface area contributed by atoms with E-state index < -0.39 is 0 Å². The van der Waals surface area contributed by atoms with Gasteiger partial charge in [-0.3, -0.25) is 4.79 Å². The topological polar surface area (TPSA) is 59.9 Å². The van der Waals surface area contributed by atoms with Gasteiger partial charge in [0.05, 0.1) is 26.2 Å². The third-order valence-corrected chi connectivity index (χ3v) is 3.30. The predicted molar refractivity (Wildman–Crippen MR) is 93.1 cm³/mol. The molecule has 1 N–H and O–H groups in total. The van der Waals surface area contributed by atoms with E-state index in [2.05, 4.69) is 39.6 Å². The third kappa shape index (κ3) is 9.54. The minimum Gasteiger partial charge on any atom is -0.379 e. The van der Waals surface area contributed by atoms with Crippen molar-refractivity contribution in [3.63, 3.8) is 0 Å². The molecule has 1 amide bonds. The van der Waals surface area contributed by atoms with Crippen molar-refractivity contribution in [2.24, 2.45) is 4.99 Å². The molecular formula is C15H21IN2O3. The van der Waals surface area contributed by atoms with E-state index in [9.17, 15) is 4.79 Å². The van der Waals surface area contributed by atoms with Crippen molar-refractivity contribution in [1.82, 2.24) is 0 Å². The van der Waals surface area contributed by atoms with Crippen LogP contribution in [-0.2, 0) is 14.3 Å². The van der Waals surface area contributed by atoms with Crippen molar-refractivity contribution in [3.05, 3.63) is 27.8 Å². The van der Waals surface area contributed by atoms with Crippen LogP contribution in [0.3, 0.4) is 0 Å². The van der Waals surface area contributed by atoms with Crippen LogP contribution >= 0.6 is 22.6 Å². The highest BCUT2D eigenvalue weighted by Gasteiger charge is 2.02. The Labute approximate surface area is 139 Å². The van der Waals surface area contributed by atoms with Crippen molar-refractivity contribution < 1.29 is 14.3 Å². The second kappa shape index (κ2) is 11.6. The molecule has 0 fully saturated rings. The zero-order valence-corrected chi connectivity index (χ0v) is 14.2. The molecule has 0 saturated heterocycles. The zero-order chi connectivity index (χ0) is 15.3. The summed E-state index contributed by atoms with van der Waals surface area (Å²) in [6.07, 6.45) is 1.22. The Hall–Kier alpha value is -0.990. The first-order valence-corrected chi connectivity index (χ1v) is 7.93. The zero-order valence-electron chi connectivity index (χ0n) is 12.0. The van der Waals surface area contributed by atoms with Crippen LogP contribution in [0.25, 0.3) is 0 Å². The fourth-order valence-electron chi connectivity index (χ4n) is 1.52. The summed E-state index contributed by atoms with van der Waals surface area (Å²) < 4.78 is 11.8. The van der Waals surface area contributed by atoms with Crippen LogP contribution in [0.1, 0.15) is 12.8 Å². The van der Waals surface area contributed by atoms with E-state index >= 15 is 0 Å². The largest absolute Gasteiger partial charge is 0.379 e. The van der Waals surface area contributed by atoms with Crippen molar-refractivity contribution in [2.75, 3.05) is 38.3 Å². The lowest BCUT2D eigenvalue weighted by atomic mass is 10.3. The molecule has 21 heavy (non-hydrogen) atoms. The molecule has 1 rings (SSSR count). The molecule has 1 aromatic carbocycles. The van der Waals surface area contributed by atoms with Crippen molar-refractivity contribution in [2.45, 2.75) is 12.8 Å². The monoisotopic (exact) mass is 404 g/mol. The maximum Gasteiger partial charge on any atom is 0.226 e. The van der Waals surface area contributed by atoms with E-state index in [0.29, 0.717) is 32.8 Å². The molecule has 116 valence electrons. The van der Waals surface area contributed by atoms with Crippen LogP contribution in [0.15, 0.2) is 29.3 Å². The lowest BCUT2D eigenvalue weighted by molar-refractivity contribution is -0.117. The normalized spacial score (nSPS) is 10.3. The Morgan fingerprint density at radius 1 is 1.14 bits per heavy atom. The van der Waals surface area contributed by atoms with Gasteiger partial charge in [-0.25, -0.2) is 0 Å². The fourth-order valence-corrected chi connectivity index (χ4v) is 1.88. The first kappa shape index (κ1) is 18.1. The van der Waals surface area contributed by atoms with Gasteiger partial charge in [-0.2, -0.15) is 0 Å². The molecule has 0 aliphatic heterocycles. The maximum absolute atomic E-state index is 11.7. The first-order valence-electron chi connectivity index (χ1n) is 6.86. The van der Waals surface area contributed by atoms with E-state index in [1.165, 1.54) is 0 Å². The molecule has 0 aliphatic carbocycles. The first-order chi connectivity index (χ1) is 10.2. The van der Waals surface area contributed by atoms with Gasteiger partial charge >= 0.3 is 0 Å². The molecule has 5 nitrogen and oxygen atoms in total. The van der Waals surface area contributed by atoms with Crippen molar-refractivity contribution in [3.8, 4) is 0 Å². The highest BCUT2D eigenvalue weighted by molar-refractivity contribution is 14.1. The quantitative estimate of drug-likeness (QED) is 0.351. The number of nitrogens with zero attached hydrogens (tertiary/aromatic N) is 1. The van der Waals surface area contributed by atoms with E-state index in [1.807, 2.05) is 24.3 Å². The summed E-state index contributed by atoms with van der Waals surface area (Å²) in [5.74, 6) is -0.0471. The molecule has 1 aromatic rings. The summed E-state index contributed by atoms with van der Waals surface area (Å²) in [7, 11) is 0. The fraction of sp³-hybridized carbons (Fsp3) is 0.467. The summed E-state index contributed by atoms with van der Waals surface area (Å²) in [6.45, 7) is 6.22. The lowest BCUT2D eigenvalue weighted by Gasteiger charge is -2.07. The third-order valence-electron chi connectivity index (χ3n) is 2.58. The highest BCUT2D eigenvalue weighted by Crippen LogP contribution is 2.11. The number of rotatable bonds is 11. The molecule has 0 unspecified atom stereocenters. The molecule has 0 spiro atoms. The predicted octanol–water partition coefficient (Wildman–Crippen LogP) is 2.74. The Kier molecular flexibility index (Phi) is 10.0. The summed E-state index contributed by atoms with van der Waals surface area (Å²) in [4.78, 5) is 15.4. The minimum absolute atomic E-state index is 0.0471. The summed E-state index contributed by atoms with van der Waals surface area (Å²) >= 11 is 2.22. The van der Waals surface area contributed by atoms with Crippen LogP contribution in [0.5, 0.6) is 0 Å². The van der Waals surface area contributed by atoms with Crippen LogP contribution in [0.2, 0.25) is 0 Å². The standard InChI is InChI=1S/C15H21IN2O3/c1-17-8-2-9-20-11-12-21-10-7-15(19)18-14-5-3-13(16)4-6-14/h3-6H,1-2,7-12H2,(H,18,19). The molecule has 0 radical (unpaired) electrons. The van der Waals surface area contributed by atoms with Crippen LogP contribution in [0, 0.1) is 3.57 Å². The van der Waals surface area contributed by atoms with Gasteiger partial charge in [0.25, 0.3) is 0 Å². The number of hydrogen-bond donors (Lipinski definition) is 1. The molecule has 0 bridgehead atoms. The highest BCUT2D eigenvalue weighted by atomic mass is 127. The van der Waals surface area contributed by atoms with Gasteiger partial charge in [0.2, 0.25) is 5.91 Å². The number of carbonyl (C=O) groups is 1.